The van der Waals surface area contributed by atoms with Crippen molar-refractivity contribution in [3.8, 4) is 0 Å². The van der Waals surface area contributed by atoms with Crippen LogP contribution in [0.2, 0.25) is 0 Å². The van der Waals surface area contributed by atoms with Gasteiger partial charge < -0.3 is 9.32 Å². The number of piperazine rings is 1. The number of hydrogen-bond acceptors (Lipinski definition) is 4. The van der Waals surface area contributed by atoms with Crippen molar-refractivity contribution in [2.24, 2.45) is 0 Å². The van der Waals surface area contributed by atoms with Crippen LogP contribution in [0, 0.1) is 11.6 Å². The highest BCUT2D eigenvalue weighted by atomic mass is 19.1. The third-order valence-electron chi connectivity index (χ3n) is 4.33. The van der Waals surface area contributed by atoms with Gasteiger partial charge >= 0.3 is 0 Å². The van der Waals surface area contributed by atoms with Crippen molar-refractivity contribution in [1.82, 2.24) is 9.88 Å². The number of nitrogens with zero attached hydrogens (tertiary/aromatic N) is 3. The molecule has 2 aromatic carbocycles. The second kappa shape index (κ2) is 6.20. The number of rotatable bonds is 3. The predicted molar refractivity (Wildman–Crippen MR) is 87.9 cm³/mol. The molecule has 3 aromatic rings. The van der Waals surface area contributed by atoms with Gasteiger partial charge in [-0.1, -0.05) is 12.1 Å². The smallest absolute Gasteiger partial charge is 0.298 e. The highest BCUT2D eigenvalue weighted by Gasteiger charge is 2.21. The molecule has 1 fully saturated rings. The molecule has 1 aliphatic heterocycles. The minimum Gasteiger partial charge on any atom is -0.423 e. The van der Waals surface area contributed by atoms with E-state index in [1.165, 1.54) is 12.1 Å². The third-order valence-corrected chi connectivity index (χ3v) is 4.33. The summed E-state index contributed by atoms with van der Waals surface area (Å²) in [5.74, 6) is -0.769. The Morgan fingerprint density at radius 2 is 1.79 bits per heavy atom. The van der Waals surface area contributed by atoms with Gasteiger partial charge in [-0.2, -0.15) is 4.98 Å². The minimum absolute atomic E-state index is 0.363. The summed E-state index contributed by atoms with van der Waals surface area (Å²) in [6.07, 6.45) is 0. The summed E-state index contributed by atoms with van der Waals surface area (Å²) in [6, 6.07) is 11.9. The van der Waals surface area contributed by atoms with Crippen LogP contribution >= 0.6 is 0 Å². The molecule has 0 unspecified atom stereocenters. The zero-order chi connectivity index (χ0) is 16.5. The second-order valence-corrected chi connectivity index (χ2v) is 5.96. The van der Waals surface area contributed by atoms with Crippen LogP contribution in [-0.4, -0.2) is 36.1 Å². The van der Waals surface area contributed by atoms with Gasteiger partial charge in [0.25, 0.3) is 6.01 Å². The Hall–Kier alpha value is -2.47. The SMILES string of the molecule is Fc1ccc(F)c(CN2CCN(c3nc4ccccc4o3)CC2)c1. The van der Waals surface area contributed by atoms with Gasteiger partial charge in [0.05, 0.1) is 0 Å². The average molecular weight is 329 g/mol. The maximum atomic E-state index is 13.8. The summed E-state index contributed by atoms with van der Waals surface area (Å²) in [7, 11) is 0. The summed E-state index contributed by atoms with van der Waals surface area (Å²) in [6.45, 7) is 3.38. The maximum Gasteiger partial charge on any atom is 0.298 e. The number of aromatic nitrogens is 1. The second-order valence-electron chi connectivity index (χ2n) is 5.96. The van der Waals surface area contributed by atoms with Gasteiger partial charge in [-0.3, -0.25) is 4.90 Å². The van der Waals surface area contributed by atoms with Crippen LogP contribution in [0.15, 0.2) is 46.9 Å². The highest BCUT2D eigenvalue weighted by Crippen LogP contribution is 2.23. The topological polar surface area (TPSA) is 32.5 Å². The van der Waals surface area contributed by atoms with Crippen molar-refractivity contribution < 1.29 is 13.2 Å². The molecule has 4 rings (SSSR count). The van der Waals surface area contributed by atoms with E-state index in [9.17, 15) is 8.78 Å². The van der Waals surface area contributed by atoms with E-state index >= 15 is 0 Å². The van der Waals surface area contributed by atoms with E-state index in [1.54, 1.807) is 0 Å². The van der Waals surface area contributed by atoms with Crippen LogP contribution in [0.1, 0.15) is 5.56 Å². The fourth-order valence-corrected chi connectivity index (χ4v) is 3.00. The summed E-state index contributed by atoms with van der Waals surface area (Å²) in [4.78, 5) is 8.69. The summed E-state index contributed by atoms with van der Waals surface area (Å²) >= 11 is 0. The molecule has 124 valence electrons. The molecule has 1 aliphatic rings. The fourth-order valence-electron chi connectivity index (χ4n) is 3.00. The minimum atomic E-state index is -0.406. The third kappa shape index (κ3) is 2.97. The van der Waals surface area contributed by atoms with Crippen molar-refractivity contribution >= 4 is 17.1 Å². The standard InChI is InChI=1S/C18H17F2N3O/c19-14-5-6-15(20)13(11-14)12-22-7-9-23(10-8-22)18-21-16-3-1-2-4-17(16)24-18/h1-6,11H,7-10,12H2. The van der Waals surface area contributed by atoms with E-state index in [1.807, 2.05) is 24.3 Å². The molecule has 0 amide bonds. The van der Waals surface area contributed by atoms with E-state index in [4.69, 9.17) is 4.42 Å². The number of benzene rings is 2. The Morgan fingerprint density at radius 3 is 2.58 bits per heavy atom. The zero-order valence-electron chi connectivity index (χ0n) is 13.1. The van der Waals surface area contributed by atoms with E-state index in [0.29, 0.717) is 18.1 Å². The van der Waals surface area contributed by atoms with E-state index < -0.39 is 5.82 Å². The van der Waals surface area contributed by atoms with Crippen LogP contribution in [0.4, 0.5) is 14.8 Å². The van der Waals surface area contributed by atoms with Crippen LogP contribution in [0.5, 0.6) is 0 Å². The molecule has 24 heavy (non-hydrogen) atoms. The molecule has 4 nitrogen and oxygen atoms in total. The Morgan fingerprint density at radius 1 is 1.00 bits per heavy atom. The summed E-state index contributed by atoms with van der Waals surface area (Å²) in [5.41, 5.74) is 2.01. The quantitative estimate of drug-likeness (QED) is 0.737. The van der Waals surface area contributed by atoms with Gasteiger partial charge in [-0.15, -0.1) is 0 Å². The largest absolute Gasteiger partial charge is 0.423 e. The maximum absolute atomic E-state index is 13.8. The molecule has 0 bridgehead atoms. The average Bonchev–Trinajstić information content (AvgIpc) is 3.03. The molecule has 0 atom stereocenters. The first-order chi connectivity index (χ1) is 11.7. The van der Waals surface area contributed by atoms with Crippen molar-refractivity contribution in [2.75, 3.05) is 31.1 Å². The first kappa shape index (κ1) is 15.1. The molecule has 0 spiro atoms. The van der Waals surface area contributed by atoms with Crippen LogP contribution < -0.4 is 4.90 Å². The van der Waals surface area contributed by atoms with E-state index in [0.717, 1.165) is 43.3 Å². The molecule has 0 aliphatic carbocycles. The van der Waals surface area contributed by atoms with E-state index in [-0.39, 0.29) is 5.82 Å². The monoisotopic (exact) mass is 329 g/mol. The van der Waals surface area contributed by atoms with Crippen LogP contribution in [0.25, 0.3) is 11.1 Å². The number of hydrogen-bond donors (Lipinski definition) is 0. The lowest BCUT2D eigenvalue weighted by atomic mass is 10.2. The highest BCUT2D eigenvalue weighted by molar-refractivity contribution is 5.74. The molecule has 0 saturated carbocycles. The predicted octanol–water partition coefficient (Wildman–Crippen LogP) is 3.43. The number of fused-ring (bicyclic) bond motifs is 1. The molecule has 0 N–H and O–H groups in total. The van der Waals surface area contributed by atoms with Gasteiger partial charge in [-0.05, 0) is 30.3 Å². The number of oxazole rings is 1. The number of anilines is 1. The van der Waals surface area contributed by atoms with Crippen molar-refractivity contribution in [2.45, 2.75) is 6.54 Å². The van der Waals surface area contributed by atoms with E-state index in [2.05, 4.69) is 14.8 Å². The van der Waals surface area contributed by atoms with Gasteiger partial charge in [-0.25, -0.2) is 8.78 Å². The molecular formula is C18H17F2N3O. The van der Waals surface area contributed by atoms with Crippen LogP contribution in [-0.2, 0) is 6.54 Å². The molecular weight excluding hydrogens is 312 g/mol. The van der Waals surface area contributed by atoms with Crippen LogP contribution in [0.3, 0.4) is 0 Å². The van der Waals surface area contributed by atoms with Gasteiger partial charge in [0.2, 0.25) is 0 Å². The summed E-state index contributed by atoms with van der Waals surface area (Å²) < 4.78 is 32.8. The van der Waals surface area contributed by atoms with Crippen molar-refractivity contribution in [1.29, 1.82) is 0 Å². The summed E-state index contributed by atoms with van der Waals surface area (Å²) in [5, 5.41) is 0. The zero-order valence-corrected chi connectivity index (χ0v) is 13.1. The number of halogens is 2. The molecule has 2 heterocycles. The molecule has 6 heteroatoms. The molecule has 0 radical (unpaired) electrons. The van der Waals surface area contributed by atoms with Gasteiger partial charge in [0.1, 0.15) is 17.2 Å². The lowest BCUT2D eigenvalue weighted by Gasteiger charge is -2.33. The first-order valence-corrected chi connectivity index (χ1v) is 7.96. The molecule has 1 saturated heterocycles. The Labute approximate surface area is 138 Å². The Kier molecular flexibility index (Phi) is 3.90. The Balaban J connectivity index is 1.42. The molecule has 1 aromatic heterocycles. The lowest BCUT2D eigenvalue weighted by Crippen LogP contribution is -2.46. The normalized spacial score (nSPS) is 16.0. The first-order valence-electron chi connectivity index (χ1n) is 7.96. The Bertz CT molecular complexity index is 823. The van der Waals surface area contributed by atoms with Crippen molar-refractivity contribution in [3.63, 3.8) is 0 Å². The lowest BCUT2D eigenvalue weighted by molar-refractivity contribution is 0.242. The van der Waals surface area contributed by atoms with Crippen molar-refractivity contribution in [3.05, 3.63) is 59.7 Å². The van der Waals surface area contributed by atoms with Gasteiger partial charge in [0.15, 0.2) is 5.58 Å². The van der Waals surface area contributed by atoms with Gasteiger partial charge in [0, 0.05) is 38.3 Å². The fraction of sp³-hybridized carbons (Fsp3) is 0.278. The number of para-hydroxylation sites is 2.